The Morgan fingerprint density at radius 2 is 1.50 bits per heavy atom. The van der Waals surface area contributed by atoms with Crippen molar-refractivity contribution in [1.29, 1.82) is 0 Å². The van der Waals surface area contributed by atoms with Crippen molar-refractivity contribution < 1.29 is 23.4 Å². The lowest BCUT2D eigenvalue weighted by Crippen LogP contribution is -2.50. The zero-order valence-corrected chi connectivity index (χ0v) is 8.01. The fourth-order valence-corrected chi connectivity index (χ4v) is 1.87. The Labute approximate surface area is 80.7 Å². The summed E-state index contributed by atoms with van der Waals surface area (Å²) in [6, 6.07) is 0. The maximum atomic E-state index is 12.4. The van der Waals surface area contributed by atoms with E-state index in [1.807, 2.05) is 0 Å². The van der Waals surface area contributed by atoms with Gasteiger partial charge in [0.25, 0.3) is 0 Å². The first-order valence-corrected chi connectivity index (χ1v) is 4.72. The Morgan fingerprint density at radius 3 is 1.86 bits per heavy atom. The number of hydrogen-bond acceptors (Lipinski definition) is 2. The molecule has 84 valence electrons. The van der Waals surface area contributed by atoms with E-state index in [-0.39, 0.29) is 12.8 Å². The van der Waals surface area contributed by atoms with Gasteiger partial charge in [0.1, 0.15) is 0 Å². The molecule has 1 fully saturated rings. The van der Waals surface area contributed by atoms with Gasteiger partial charge in [-0.3, -0.25) is 0 Å². The molecule has 0 heterocycles. The van der Waals surface area contributed by atoms with E-state index in [4.69, 9.17) is 5.11 Å². The van der Waals surface area contributed by atoms with Crippen molar-refractivity contribution in [2.24, 2.45) is 5.92 Å². The van der Waals surface area contributed by atoms with E-state index in [2.05, 4.69) is 0 Å². The van der Waals surface area contributed by atoms with Crippen molar-refractivity contribution in [3.8, 4) is 0 Å². The van der Waals surface area contributed by atoms with Crippen molar-refractivity contribution in [3.05, 3.63) is 0 Å². The largest absolute Gasteiger partial charge is 0.417 e. The molecule has 1 rings (SSSR count). The molecule has 1 aliphatic carbocycles. The van der Waals surface area contributed by atoms with E-state index in [9.17, 15) is 18.3 Å². The van der Waals surface area contributed by atoms with Gasteiger partial charge in [-0.1, -0.05) is 0 Å². The van der Waals surface area contributed by atoms with E-state index < -0.39 is 23.8 Å². The minimum atomic E-state index is -4.58. The summed E-state index contributed by atoms with van der Waals surface area (Å²) in [7, 11) is 0. The highest BCUT2D eigenvalue weighted by Gasteiger charge is 2.54. The summed E-state index contributed by atoms with van der Waals surface area (Å²) in [6.07, 6.45) is -3.94. The topological polar surface area (TPSA) is 40.5 Å². The number of aliphatic hydroxyl groups excluding tert-OH is 1. The Hall–Kier alpha value is -0.290. The SMILES string of the molecule is CC(O)([C@H]1CC[C@H](O)CC1)C(F)(F)F. The maximum Gasteiger partial charge on any atom is 0.417 e. The van der Waals surface area contributed by atoms with Crippen LogP contribution in [0.15, 0.2) is 0 Å². The second-order valence-electron chi connectivity index (χ2n) is 4.15. The standard InChI is InChI=1S/C9H15F3O2/c1-8(14,9(10,11)12)6-2-4-7(13)5-3-6/h6-7,13-14H,2-5H2,1H3/t6-,7-,8?. The Morgan fingerprint density at radius 1 is 1.07 bits per heavy atom. The summed E-state index contributed by atoms with van der Waals surface area (Å²) in [5, 5.41) is 18.5. The fraction of sp³-hybridized carbons (Fsp3) is 1.00. The lowest BCUT2D eigenvalue weighted by atomic mass is 9.76. The highest BCUT2D eigenvalue weighted by atomic mass is 19.4. The molecule has 0 aromatic heterocycles. The average Bonchev–Trinajstić information content (AvgIpc) is 2.03. The van der Waals surface area contributed by atoms with Gasteiger partial charge in [-0.15, -0.1) is 0 Å². The molecular weight excluding hydrogens is 197 g/mol. The Bertz CT molecular complexity index is 193. The highest BCUT2D eigenvalue weighted by Crippen LogP contribution is 2.42. The zero-order valence-electron chi connectivity index (χ0n) is 8.01. The predicted octanol–water partition coefficient (Wildman–Crippen LogP) is 1.85. The number of alkyl halides is 3. The van der Waals surface area contributed by atoms with Crippen LogP contribution in [0.3, 0.4) is 0 Å². The van der Waals surface area contributed by atoms with Gasteiger partial charge in [0.2, 0.25) is 0 Å². The minimum absolute atomic E-state index is 0.230. The quantitative estimate of drug-likeness (QED) is 0.696. The fourth-order valence-electron chi connectivity index (χ4n) is 1.87. The first-order chi connectivity index (χ1) is 6.25. The molecule has 5 heteroatoms. The van der Waals surface area contributed by atoms with Crippen molar-refractivity contribution in [2.45, 2.75) is 50.5 Å². The molecule has 2 nitrogen and oxygen atoms in total. The molecule has 0 bridgehead atoms. The molecule has 1 atom stereocenters. The zero-order chi connectivity index (χ0) is 11.0. The van der Waals surface area contributed by atoms with Crippen LogP contribution in [0.5, 0.6) is 0 Å². The van der Waals surface area contributed by atoms with Crippen LogP contribution in [-0.4, -0.2) is 28.1 Å². The second-order valence-corrected chi connectivity index (χ2v) is 4.15. The second kappa shape index (κ2) is 3.70. The molecule has 2 N–H and O–H groups in total. The molecule has 0 saturated heterocycles. The molecule has 1 unspecified atom stereocenters. The summed E-state index contributed by atoms with van der Waals surface area (Å²) in [5.74, 6) is -0.786. The molecule has 0 spiro atoms. The van der Waals surface area contributed by atoms with E-state index in [1.165, 1.54) is 0 Å². The lowest BCUT2D eigenvalue weighted by Gasteiger charge is -2.37. The summed E-state index contributed by atoms with van der Waals surface area (Å²) in [5.41, 5.74) is -2.62. The van der Waals surface area contributed by atoms with Gasteiger partial charge in [0.05, 0.1) is 6.10 Å². The van der Waals surface area contributed by atoms with Crippen LogP contribution >= 0.6 is 0 Å². The van der Waals surface area contributed by atoms with E-state index in [0.717, 1.165) is 6.92 Å². The number of halogens is 3. The molecule has 0 aromatic carbocycles. The van der Waals surface area contributed by atoms with Gasteiger partial charge in [-0.2, -0.15) is 13.2 Å². The molecule has 14 heavy (non-hydrogen) atoms. The molecule has 1 saturated carbocycles. The number of rotatable bonds is 1. The smallest absolute Gasteiger partial charge is 0.393 e. The summed E-state index contributed by atoms with van der Waals surface area (Å²) >= 11 is 0. The van der Waals surface area contributed by atoms with Crippen molar-refractivity contribution >= 4 is 0 Å². The van der Waals surface area contributed by atoms with Crippen LogP contribution < -0.4 is 0 Å². The first-order valence-electron chi connectivity index (χ1n) is 4.72. The maximum absolute atomic E-state index is 12.4. The highest BCUT2D eigenvalue weighted by molar-refractivity contribution is 4.91. The Balaban J connectivity index is 2.65. The summed E-state index contributed by atoms with van der Waals surface area (Å²) in [4.78, 5) is 0. The third-order valence-corrected chi connectivity index (χ3v) is 3.07. The van der Waals surface area contributed by atoms with Crippen molar-refractivity contribution in [1.82, 2.24) is 0 Å². The summed E-state index contributed by atoms with van der Waals surface area (Å²) < 4.78 is 37.2. The lowest BCUT2D eigenvalue weighted by molar-refractivity contribution is -0.276. The van der Waals surface area contributed by atoms with Gasteiger partial charge in [0.15, 0.2) is 5.60 Å². The van der Waals surface area contributed by atoms with Crippen LogP contribution in [0.2, 0.25) is 0 Å². The van der Waals surface area contributed by atoms with Crippen LogP contribution in [-0.2, 0) is 0 Å². The van der Waals surface area contributed by atoms with E-state index >= 15 is 0 Å². The molecule has 0 radical (unpaired) electrons. The number of hydrogen-bond donors (Lipinski definition) is 2. The molecule has 0 amide bonds. The molecular formula is C9H15F3O2. The average molecular weight is 212 g/mol. The number of aliphatic hydroxyl groups is 2. The minimum Gasteiger partial charge on any atom is -0.393 e. The van der Waals surface area contributed by atoms with Crippen LogP contribution in [0.25, 0.3) is 0 Å². The predicted molar refractivity (Wildman–Crippen MR) is 44.6 cm³/mol. The molecule has 0 aromatic rings. The normalized spacial score (nSPS) is 33.9. The van der Waals surface area contributed by atoms with Crippen LogP contribution in [0.1, 0.15) is 32.6 Å². The monoisotopic (exact) mass is 212 g/mol. The molecule has 0 aliphatic heterocycles. The van der Waals surface area contributed by atoms with E-state index in [0.29, 0.717) is 12.8 Å². The van der Waals surface area contributed by atoms with E-state index in [1.54, 1.807) is 0 Å². The van der Waals surface area contributed by atoms with Gasteiger partial charge in [-0.25, -0.2) is 0 Å². The van der Waals surface area contributed by atoms with Gasteiger partial charge in [-0.05, 0) is 38.5 Å². The third kappa shape index (κ3) is 2.20. The van der Waals surface area contributed by atoms with Gasteiger partial charge >= 0.3 is 6.18 Å². The molecule has 1 aliphatic rings. The summed E-state index contributed by atoms with van der Waals surface area (Å²) in [6.45, 7) is 0.815. The van der Waals surface area contributed by atoms with Crippen molar-refractivity contribution in [2.75, 3.05) is 0 Å². The van der Waals surface area contributed by atoms with Gasteiger partial charge in [0, 0.05) is 0 Å². The van der Waals surface area contributed by atoms with Gasteiger partial charge < -0.3 is 10.2 Å². The van der Waals surface area contributed by atoms with Crippen molar-refractivity contribution in [3.63, 3.8) is 0 Å². The van der Waals surface area contributed by atoms with Crippen LogP contribution in [0, 0.1) is 5.92 Å². The van der Waals surface area contributed by atoms with Crippen LogP contribution in [0.4, 0.5) is 13.2 Å². The first kappa shape index (κ1) is 11.8. The Kier molecular flexibility index (Phi) is 3.11. The third-order valence-electron chi connectivity index (χ3n) is 3.07.